The molecule has 0 aliphatic rings. The summed E-state index contributed by atoms with van der Waals surface area (Å²) < 4.78 is 65.2. The Morgan fingerprint density at radius 1 is 0.881 bits per heavy atom. The summed E-state index contributed by atoms with van der Waals surface area (Å²) in [5, 5.41) is 2.48. The van der Waals surface area contributed by atoms with Gasteiger partial charge in [-0.1, -0.05) is 18.2 Å². The third-order valence-electron chi connectivity index (χ3n) is 6.59. The quantitative estimate of drug-likeness (QED) is 0.316. The number of benzene rings is 3. The number of ether oxygens (including phenoxy) is 4. The highest BCUT2D eigenvalue weighted by atomic mass is 32.2. The van der Waals surface area contributed by atoms with Gasteiger partial charge in [0.25, 0.3) is 10.0 Å². The van der Waals surface area contributed by atoms with Gasteiger partial charge in [0.1, 0.15) is 29.9 Å². The normalized spacial score (nSPS) is 11.7. The van der Waals surface area contributed by atoms with E-state index in [1.54, 1.807) is 12.1 Å². The number of rotatable bonds is 13. The van der Waals surface area contributed by atoms with E-state index in [0.717, 1.165) is 9.21 Å². The van der Waals surface area contributed by atoms with Crippen LogP contribution in [-0.4, -0.2) is 73.2 Å². The molecule has 1 unspecified atom stereocenters. The second kappa shape index (κ2) is 13.9. The smallest absolute Gasteiger partial charge is 0.265 e. The lowest BCUT2D eigenvalue weighted by Crippen LogP contribution is -2.50. The van der Waals surface area contributed by atoms with Crippen molar-refractivity contribution in [3.63, 3.8) is 0 Å². The maximum Gasteiger partial charge on any atom is 0.265 e. The van der Waals surface area contributed by atoms with E-state index in [9.17, 15) is 22.4 Å². The molecule has 226 valence electrons. The van der Waals surface area contributed by atoms with Crippen LogP contribution in [0.3, 0.4) is 0 Å². The van der Waals surface area contributed by atoms with Crippen LogP contribution in [0.2, 0.25) is 0 Å². The summed E-state index contributed by atoms with van der Waals surface area (Å²) in [6.45, 7) is 0.409. The molecule has 13 heteroatoms. The molecular weight excluding hydrogens is 569 g/mol. The van der Waals surface area contributed by atoms with Crippen molar-refractivity contribution < 1.29 is 41.3 Å². The van der Waals surface area contributed by atoms with Crippen molar-refractivity contribution in [1.82, 2.24) is 10.2 Å². The summed E-state index contributed by atoms with van der Waals surface area (Å²) in [6.07, 6.45) is 0. The highest BCUT2D eigenvalue weighted by Crippen LogP contribution is 2.37. The molecule has 3 aromatic carbocycles. The van der Waals surface area contributed by atoms with E-state index in [2.05, 4.69) is 5.32 Å². The Morgan fingerprint density at radius 3 is 2.12 bits per heavy atom. The van der Waals surface area contributed by atoms with Crippen molar-refractivity contribution in [2.75, 3.05) is 46.3 Å². The molecule has 3 rings (SSSR count). The molecule has 0 aliphatic carbocycles. The lowest BCUT2D eigenvalue weighted by molar-refractivity contribution is -0.139. The monoisotopic (exact) mass is 603 g/mol. The first-order valence-corrected chi connectivity index (χ1v) is 14.2. The Labute approximate surface area is 244 Å². The Balaban J connectivity index is 2.18. The van der Waals surface area contributed by atoms with Gasteiger partial charge in [0.05, 0.1) is 39.0 Å². The molecule has 0 saturated carbocycles. The number of sulfonamides is 1. The Hall–Kier alpha value is -4.52. The number of amides is 2. The van der Waals surface area contributed by atoms with Gasteiger partial charge in [-0.3, -0.25) is 13.9 Å². The minimum Gasteiger partial charge on any atom is -0.497 e. The Kier molecular flexibility index (Phi) is 10.6. The van der Waals surface area contributed by atoms with Gasteiger partial charge in [0.15, 0.2) is 11.5 Å². The average molecular weight is 604 g/mol. The van der Waals surface area contributed by atoms with Gasteiger partial charge in [-0.25, -0.2) is 12.8 Å². The zero-order valence-electron chi connectivity index (χ0n) is 24.2. The van der Waals surface area contributed by atoms with Gasteiger partial charge in [-0.15, -0.1) is 0 Å². The number of hydrogen-bond acceptors (Lipinski definition) is 8. The zero-order chi connectivity index (χ0) is 31.0. The first kappa shape index (κ1) is 32.0. The van der Waals surface area contributed by atoms with Crippen molar-refractivity contribution in [3.05, 3.63) is 72.0 Å². The average Bonchev–Trinajstić information content (AvgIpc) is 3.01. The SMILES string of the molecule is CNC(=O)C(C)N(Cc1ccccc1F)C(=O)CN(c1cc(OC)ccc1OC)S(=O)(=O)c1ccc(OC)c(OC)c1. The summed E-state index contributed by atoms with van der Waals surface area (Å²) in [6, 6.07) is 13.2. The van der Waals surface area contributed by atoms with Crippen LogP contribution < -0.4 is 28.6 Å². The summed E-state index contributed by atoms with van der Waals surface area (Å²) in [4.78, 5) is 27.5. The maximum absolute atomic E-state index is 14.6. The molecule has 1 atom stereocenters. The van der Waals surface area contributed by atoms with E-state index in [1.807, 2.05) is 0 Å². The minimum atomic E-state index is -4.49. The third kappa shape index (κ3) is 6.85. The van der Waals surface area contributed by atoms with E-state index in [1.165, 1.54) is 90.9 Å². The van der Waals surface area contributed by atoms with Crippen LogP contribution in [-0.2, 0) is 26.2 Å². The molecule has 0 fully saturated rings. The van der Waals surface area contributed by atoms with Gasteiger partial charge in [0.2, 0.25) is 11.8 Å². The highest BCUT2D eigenvalue weighted by Gasteiger charge is 2.34. The fourth-order valence-electron chi connectivity index (χ4n) is 4.21. The van der Waals surface area contributed by atoms with E-state index < -0.39 is 40.2 Å². The van der Waals surface area contributed by atoms with Crippen LogP contribution in [0.15, 0.2) is 65.6 Å². The molecule has 0 heterocycles. The predicted molar refractivity (Wildman–Crippen MR) is 154 cm³/mol. The largest absolute Gasteiger partial charge is 0.497 e. The predicted octanol–water partition coefficient (Wildman–Crippen LogP) is 3.22. The fraction of sp³-hybridized carbons (Fsp3) is 0.310. The van der Waals surface area contributed by atoms with Crippen LogP contribution in [0, 0.1) is 5.82 Å². The van der Waals surface area contributed by atoms with Gasteiger partial charge in [0, 0.05) is 31.3 Å². The second-order valence-corrected chi connectivity index (χ2v) is 10.8. The van der Waals surface area contributed by atoms with Crippen LogP contribution >= 0.6 is 0 Å². The summed E-state index contributed by atoms with van der Waals surface area (Å²) in [5.41, 5.74) is 0.147. The van der Waals surface area contributed by atoms with Crippen LogP contribution in [0.1, 0.15) is 12.5 Å². The van der Waals surface area contributed by atoms with E-state index in [4.69, 9.17) is 18.9 Å². The summed E-state index contributed by atoms with van der Waals surface area (Å²) in [7, 11) is 2.45. The van der Waals surface area contributed by atoms with Crippen molar-refractivity contribution in [2.45, 2.75) is 24.4 Å². The maximum atomic E-state index is 14.6. The van der Waals surface area contributed by atoms with Crippen molar-refractivity contribution in [3.8, 4) is 23.0 Å². The van der Waals surface area contributed by atoms with Gasteiger partial charge < -0.3 is 29.2 Å². The van der Waals surface area contributed by atoms with Crippen LogP contribution in [0.5, 0.6) is 23.0 Å². The molecule has 11 nitrogen and oxygen atoms in total. The number of halogens is 1. The number of nitrogens with one attached hydrogen (secondary N) is 1. The molecule has 0 saturated heterocycles. The van der Waals surface area contributed by atoms with Crippen molar-refractivity contribution >= 4 is 27.5 Å². The van der Waals surface area contributed by atoms with Crippen molar-refractivity contribution in [1.29, 1.82) is 0 Å². The number of likely N-dealkylation sites (N-methyl/N-ethyl adjacent to an activating group) is 1. The molecule has 1 N–H and O–H groups in total. The number of methoxy groups -OCH3 is 4. The van der Waals surface area contributed by atoms with Gasteiger partial charge >= 0.3 is 0 Å². The molecule has 0 aromatic heterocycles. The standard InChI is InChI=1S/C29H34FN3O8S/c1-19(29(35)31-2)32(17-20-9-7-8-10-23(20)30)28(34)18-33(24-15-21(38-3)11-13-25(24)39-4)42(36,37)22-12-14-26(40-5)27(16-22)41-6/h7-16,19H,17-18H2,1-6H3,(H,31,35). The summed E-state index contributed by atoms with van der Waals surface area (Å²) >= 11 is 0. The topological polar surface area (TPSA) is 124 Å². The first-order valence-electron chi connectivity index (χ1n) is 12.7. The third-order valence-corrected chi connectivity index (χ3v) is 8.34. The van der Waals surface area contributed by atoms with Crippen molar-refractivity contribution in [2.24, 2.45) is 0 Å². The first-order chi connectivity index (χ1) is 20.0. The number of carbonyl (C=O) groups excluding carboxylic acids is 2. The number of carbonyl (C=O) groups is 2. The Morgan fingerprint density at radius 2 is 1.52 bits per heavy atom. The highest BCUT2D eigenvalue weighted by molar-refractivity contribution is 7.92. The van der Waals surface area contributed by atoms with E-state index in [0.29, 0.717) is 11.5 Å². The van der Waals surface area contributed by atoms with Gasteiger partial charge in [-0.05, 0) is 37.3 Å². The summed E-state index contributed by atoms with van der Waals surface area (Å²) in [5.74, 6) is -0.995. The molecule has 0 spiro atoms. The second-order valence-electron chi connectivity index (χ2n) is 8.97. The van der Waals surface area contributed by atoms with Gasteiger partial charge in [-0.2, -0.15) is 0 Å². The lowest BCUT2D eigenvalue weighted by atomic mass is 10.1. The molecule has 2 amide bonds. The molecule has 0 aliphatic heterocycles. The van der Waals surface area contributed by atoms with E-state index >= 15 is 0 Å². The van der Waals surface area contributed by atoms with Crippen LogP contribution in [0.4, 0.5) is 10.1 Å². The lowest BCUT2D eigenvalue weighted by Gasteiger charge is -2.32. The minimum absolute atomic E-state index is 0.00146. The number of hydrogen-bond donors (Lipinski definition) is 1. The molecule has 3 aromatic rings. The number of nitrogens with zero attached hydrogens (tertiary/aromatic N) is 2. The molecule has 0 bridgehead atoms. The zero-order valence-corrected chi connectivity index (χ0v) is 25.0. The molecule has 0 radical (unpaired) electrons. The number of anilines is 1. The Bertz CT molecular complexity index is 1530. The van der Waals surface area contributed by atoms with Crippen LogP contribution in [0.25, 0.3) is 0 Å². The fourth-order valence-corrected chi connectivity index (χ4v) is 5.64. The molecular formula is C29H34FN3O8S. The van der Waals surface area contributed by atoms with E-state index in [-0.39, 0.29) is 34.2 Å². The molecule has 42 heavy (non-hydrogen) atoms.